The van der Waals surface area contributed by atoms with Gasteiger partial charge in [0.2, 0.25) is 5.95 Å². The van der Waals surface area contributed by atoms with E-state index in [9.17, 15) is 4.79 Å². The fraction of sp³-hybridized carbons (Fsp3) is 0. The normalized spacial score (nSPS) is 10.5. The molecule has 0 saturated carbocycles. The summed E-state index contributed by atoms with van der Waals surface area (Å²) < 4.78 is 16.2. The largest absolute Gasteiger partial charge is 0.269 e. The van der Waals surface area contributed by atoms with E-state index in [1.165, 1.54) is 12.3 Å². The third kappa shape index (κ3) is 3.42. The molecular weight excluding hydrogens is 348 g/mol. The molecule has 0 unspecified atom stereocenters. The molecule has 1 aromatic heterocycles. The molecule has 0 bridgehead atoms. The van der Waals surface area contributed by atoms with Crippen LogP contribution in [0.4, 0.5) is 4.39 Å². The van der Waals surface area contributed by atoms with Crippen molar-refractivity contribution in [2.75, 3.05) is 0 Å². The van der Waals surface area contributed by atoms with Crippen LogP contribution in [-0.2, 0) is 0 Å². The van der Waals surface area contributed by atoms with Crippen molar-refractivity contribution in [3.8, 4) is 0 Å². The van der Waals surface area contributed by atoms with Crippen molar-refractivity contribution in [3.63, 3.8) is 0 Å². The Bertz CT molecular complexity index is 897. The third-order valence-corrected chi connectivity index (χ3v) is 4.01. The van der Waals surface area contributed by atoms with Gasteiger partial charge in [-0.15, -0.1) is 0 Å². The van der Waals surface area contributed by atoms with Crippen molar-refractivity contribution in [1.29, 1.82) is 0 Å². The minimum Gasteiger partial charge on any atom is -0.269 e. The summed E-state index contributed by atoms with van der Waals surface area (Å²) in [6, 6.07) is 18.0. The van der Waals surface area contributed by atoms with Gasteiger partial charge in [-0.05, 0) is 41.5 Å². The van der Waals surface area contributed by atoms with E-state index in [0.29, 0.717) is 21.2 Å². The summed E-state index contributed by atoms with van der Waals surface area (Å²) in [4.78, 5) is 12.0. The molecule has 120 valence electrons. The first-order valence-electron chi connectivity index (χ1n) is 7.16. The van der Waals surface area contributed by atoms with Crippen molar-refractivity contribution in [1.82, 2.24) is 4.57 Å². The Morgan fingerprint density at radius 2 is 1.29 bits per heavy atom. The maximum Gasteiger partial charge on any atom is 0.256 e. The fourth-order valence-electron chi connectivity index (χ4n) is 2.35. The highest BCUT2D eigenvalue weighted by Gasteiger charge is 2.15. The van der Waals surface area contributed by atoms with Crippen molar-refractivity contribution >= 4 is 34.7 Å². The van der Waals surface area contributed by atoms with Crippen LogP contribution in [0.3, 0.4) is 0 Å². The topological polar surface area (TPSA) is 22.0 Å². The molecule has 0 amide bonds. The summed E-state index contributed by atoms with van der Waals surface area (Å²) in [5, 5.41) is 1.10. The fourth-order valence-corrected chi connectivity index (χ4v) is 2.60. The number of pyridine rings is 1. The van der Waals surface area contributed by atoms with E-state index in [-0.39, 0.29) is 5.57 Å². The number of aromatic nitrogens is 1. The second-order valence-corrected chi connectivity index (χ2v) is 5.96. The zero-order chi connectivity index (χ0) is 17.1. The molecule has 0 fully saturated rings. The zero-order valence-electron chi connectivity index (χ0n) is 12.4. The smallest absolute Gasteiger partial charge is 0.256 e. The second-order valence-electron chi connectivity index (χ2n) is 5.09. The first-order valence-corrected chi connectivity index (χ1v) is 7.91. The van der Waals surface area contributed by atoms with Gasteiger partial charge in [-0.3, -0.25) is 9.36 Å². The molecule has 0 saturated heterocycles. The van der Waals surface area contributed by atoms with E-state index in [4.69, 9.17) is 23.2 Å². The van der Waals surface area contributed by atoms with Crippen LogP contribution in [0.25, 0.3) is 11.5 Å². The average molecular weight is 360 g/mol. The van der Waals surface area contributed by atoms with E-state index in [2.05, 4.69) is 0 Å². The molecule has 3 rings (SSSR count). The maximum absolute atomic E-state index is 15.2. The lowest BCUT2D eigenvalue weighted by Crippen LogP contribution is -2.16. The van der Waals surface area contributed by atoms with Crippen LogP contribution >= 0.6 is 23.2 Å². The molecule has 1 heterocycles. The van der Waals surface area contributed by atoms with Gasteiger partial charge in [-0.25, -0.2) is 0 Å². The van der Waals surface area contributed by atoms with Gasteiger partial charge in [0.25, 0.3) is 5.56 Å². The van der Waals surface area contributed by atoms with Crippen molar-refractivity contribution < 1.29 is 4.39 Å². The Balaban J connectivity index is 2.27. The number of hydrogen-bond acceptors (Lipinski definition) is 1. The molecule has 0 aliphatic rings. The van der Waals surface area contributed by atoms with Crippen LogP contribution in [0, 0.1) is 0 Å². The van der Waals surface area contributed by atoms with Gasteiger partial charge in [-0.2, -0.15) is 4.39 Å². The highest BCUT2D eigenvalue weighted by atomic mass is 35.5. The number of halogens is 3. The van der Waals surface area contributed by atoms with Crippen LogP contribution in [0.5, 0.6) is 0 Å². The molecule has 0 aliphatic heterocycles. The number of nitrogens with zero attached hydrogens (tertiary/aromatic N) is 1. The maximum atomic E-state index is 15.2. The lowest BCUT2D eigenvalue weighted by Gasteiger charge is -2.12. The van der Waals surface area contributed by atoms with Crippen molar-refractivity contribution in [3.05, 3.63) is 104 Å². The molecule has 2 nitrogen and oxygen atoms in total. The minimum atomic E-state index is -0.662. The summed E-state index contributed by atoms with van der Waals surface area (Å²) in [5.41, 5.74) is 1.05. The monoisotopic (exact) mass is 359 g/mol. The number of rotatable bonds is 3. The van der Waals surface area contributed by atoms with Gasteiger partial charge in [0.15, 0.2) is 0 Å². The van der Waals surface area contributed by atoms with Gasteiger partial charge >= 0.3 is 0 Å². The van der Waals surface area contributed by atoms with Gasteiger partial charge in [0.1, 0.15) is 0 Å². The zero-order valence-corrected chi connectivity index (χ0v) is 13.9. The molecule has 24 heavy (non-hydrogen) atoms. The van der Waals surface area contributed by atoms with Gasteiger partial charge < -0.3 is 0 Å². The average Bonchev–Trinajstić information content (AvgIpc) is 2.59. The quantitative estimate of drug-likeness (QED) is 0.605. The van der Waals surface area contributed by atoms with Gasteiger partial charge in [0.05, 0.1) is 0 Å². The van der Waals surface area contributed by atoms with E-state index in [1.807, 2.05) is 0 Å². The highest BCUT2D eigenvalue weighted by molar-refractivity contribution is 6.31. The molecule has 0 atom stereocenters. The highest BCUT2D eigenvalue weighted by Crippen LogP contribution is 2.31. The van der Waals surface area contributed by atoms with Crippen molar-refractivity contribution in [2.24, 2.45) is 0 Å². The van der Waals surface area contributed by atoms with Crippen LogP contribution in [0.15, 0.2) is 77.7 Å². The molecule has 0 N–H and O–H groups in total. The van der Waals surface area contributed by atoms with E-state index in [1.54, 1.807) is 60.7 Å². The summed E-state index contributed by atoms with van der Waals surface area (Å²) >= 11 is 11.8. The lowest BCUT2D eigenvalue weighted by molar-refractivity contribution is 0.680. The first-order chi connectivity index (χ1) is 11.6. The summed E-state index contributed by atoms with van der Waals surface area (Å²) in [5.74, 6) is -0.662. The summed E-state index contributed by atoms with van der Waals surface area (Å²) in [6.07, 6.45) is 1.39. The standard InChI is InChI=1S/C19H12Cl2FNO/c20-15-8-4-13(5-9-15)18(14-6-10-16(21)11-7-14)19(22)23-12-2-1-3-17(23)24/h1-12H. The predicted molar refractivity (Wildman–Crippen MR) is 96.9 cm³/mol. The summed E-state index contributed by atoms with van der Waals surface area (Å²) in [6.45, 7) is 0. The number of benzene rings is 2. The second kappa shape index (κ2) is 7.04. The van der Waals surface area contributed by atoms with Gasteiger partial charge in [-0.1, -0.05) is 53.5 Å². The van der Waals surface area contributed by atoms with Crippen LogP contribution in [0.2, 0.25) is 10.0 Å². The Labute approximate surface area is 148 Å². The van der Waals surface area contributed by atoms with Crippen molar-refractivity contribution in [2.45, 2.75) is 0 Å². The molecular formula is C19H12Cl2FNO. The lowest BCUT2D eigenvalue weighted by atomic mass is 9.98. The molecule has 0 spiro atoms. The van der Waals surface area contributed by atoms with Gasteiger partial charge in [0, 0.05) is 27.9 Å². The third-order valence-electron chi connectivity index (χ3n) is 3.51. The molecule has 0 aliphatic carbocycles. The Morgan fingerprint density at radius 1 is 0.792 bits per heavy atom. The Kier molecular flexibility index (Phi) is 4.84. The Hall–Kier alpha value is -2.36. The first kappa shape index (κ1) is 16.5. The molecule has 3 aromatic rings. The van der Waals surface area contributed by atoms with E-state index in [0.717, 1.165) is 4.57 Å². The predicted octanol–water partition coefficient (Wildman–Crippen LogP) is 5.50. The molecule has 5 heteroatoms. The summed E-state index contributed by atoms with van der Waals surface area (Å²) in [7, 11) is 0. The number of hydrogen-bond donors (Lipinski definition) is 0. The van der Waals surface area contributed by atoms with Crippen LogP contribution < -0.4 is 5.56 Å². The molecule has 0 radical (unpaired) electrons. The molecule has 2 aromatic carbocycles. The SMILES string of the molecule is O=c1ccccn1C(F)=C(c1ccc(Cl)cc1)c1ccc(Cl)cc1. The van der Waals surface area contributed by atoms with E-state index >= 15 is 4.39 Å². The minimum absolute atomic E-state index is 0.289. The van der Waals surface area contributed by atoms with Crippen LogP contribution in [0.1, 0.15) is 11.1 Å². The Morgan fingerprint density at radius 3 is 1.75 bits per heavy atom. The van der Waals surface area contributed by atoms with Crippen LogP contribution in [-0.4, -0.2) is 4.57 Å². The van der Waals surface area contributed by atoms with E-state index < -0.39 is 11.5 Å².